The molecule has 0 aromatic carbocycles. The lowest BCUT2D eigenvalue weighted by Crippen LogP contribution is -2.32. The van der Waals surface area contributed by atoms with E-state index in [-0.39, 0.29) is 11.3 Å². The third-order valence-corrected chi connectivity index (χ3v) is 1.37. The number of ether oxygens (including phenoxy) is 1. The molecule has 0 saturated carbocycles. The van der Waals surface area contributed by atoms with E-state index in [9.17, 15) is 0 Å². The first kappa shape index (κ1) is 8.83. The maximum absolute atomic E-state index is 8.84. The molecule has 0 fully saturated rings. The second-order valence-electron chi connectivity index (χ2n) is 2.24. The summed E-state index contributed by atoms with van der Waals surface area (Å²) < 4.78 is 4.77. The van der Waals surface area contributed by atoms with Crippen molar-refractivity contribution in [3.05, 3.63) is 12.3 Å². The van der Waals surface area contributed by atoms with Gasteiger partial charge in [-0.05, 0) is 6.07 Å². The van der Waals surface area contributed by atoms with E-state index in [1.807, 2.05) is 0 Å². The largest absolute Gasteiger partial charge is 0.494 e. The summed E-state index contributed by atoms with van der Waals surface area (Å²) in [4.78, 5) is 3.75. The number of methoxy groups -OCH3 is 1. The predicted molar refractivity (Wildman–Crippen MR) is 45.0 cm³/mol. The SMILES string of the molecule is COc1ncc(N)cc1B(O)O. The molecule has 1 rings (SSSR count). The summed E-state index contributed by atoms with van der Waals surface area (Å²) in [6.45, 7) is 0. The van der Waals surface area contributed by atoms with Crippen molar-refractivity contribution in [3.8, 4) is 5.88 Å². The number of hydrogen-bond acceptors (Lipinski definition) is 5. The Labute approximate surface area is 70.0 Å². The number of hydrogen-bond donors (Lipinski definition) is 3. The number of nitrogens with two attached hydrogens (primary N) is 1. The highest BCUT2D eigenvalue weighted by atomic mass is 16.5. The van der Waals surface area contributed by atoms with Crippen LogP contribution < -0.4 is 15.9 Å². The Kier molecular flexibility index (Phi) is 2.52. The van der Waals surface area contributed by atoms with Gasteiger partial charge in [0, 0.05) is 11.2 Å². The number of nitrogens with zero attached hydrogens (tertiary/aromatic N) is 1. The Morgan fingerprint density at radius 1 is 1.58 bits per heavy atom. The second-order valence-corrected chi connectivity index (χ2v) is 2.24. The molecule has 4 N–H and O–H groups in total. The van der Waals surface area contributed by atoms with Crippen molar-refractivity contribution >= 4 is 18.3 Å². The van der Waals surface area contributed by atoms with Crippen LogP contribution in [0.3, 0.4) is 0 Å². The summed E-state index contributed by atoms with van der Waals surface area (Å²) in [5.74, 6) is 0.166. The maximum Gasteiger partial charge on any atom is 0.494 e. The summed E-state index contributed by atoms with van der Waals surface area (Å²) >= 11 is 0. The molecule has 0 spiro atoms. The van der Waals surface area contributed by atoms with Gasteiger partial charge in [0.2, 0.25) is 5.88 Å². The van der Waals surface area contributed by atoms with E-state index in [1.54, 1.807) is 0 Å². The van der Waals surface area contributed by atoms with Crippen LogP contribution in [0.25, 0.3) is 0 Å². The van der Waals surface area contributed by atoms with Crippen molar-refractivity contribution in [2.75, 3.05) is 12.8 Å². The highest BCUT2D eigenvalue weighted by Crippen LogP contribution is 2.05. The van der Waals surface area contributed by atoms with Crippen molar-refractivity contribution in [2.45, 2.75) is 0 Å². The Morgan fingerprint density at radius 2 is 2.25 bits per heavy atom. The first-order valence-corrected chi connectivity index (χ1v) is 3.30. The summed E-state index contributed by atoms with van der Waals surface area (Å²) in [5.41, 5.74) is 5.90. The molecule has 0 unspecified atom stereocenters. The number of aromatic nitrogens is 1. The average molecular weight is 168 g/mol. The third kappa shape index (κ3) is 1.66. The molecule has 1 heterocycles. The van der Waals surface area contributed by atoms with Crippen molar-refractivity contribution < 1.29 is 14.8 Å². The summed E-state index contributed by atoms with van der Waals surface area (Å²) in [5, 5.41) is 17.7. The van der Waals surface area contributed by atoms with Crippen molar-refractivity contribution in [1.29, 1.82) is 0 Å². The molecule has 0 atom stereocenters. The zero-order valence-electron chi connectivity index (χ0n) is 6.56. The van der Waals surface area contributed by atoms with Crippen LogP contribution in [0.1, 0.15) is 0 Å². The standard InChI is InChI=1S/C6H9BN2O3/c1-12-6-5(7(10)11)2-4(8)3-9-6/h2-3,10-11H,8H2,1H3. The second kappa shape index (κ2) is 3.42. The lowest BCUT2D eigenvalue weighted by atomic mass is 9.81. The van der Waals surface area contributed by atoms with Crippen molar-refractivity contribution in [3.63, 3.8) is 0 Å². The van der Waals surface area contributed by atoms with Gasteiger partial charge in [-0.25, -0.2) is 4.98 Å². The Morgan fingerprint density at radius 3 is 2.75 bits per heavy atom. The summed E-state index contributed by atoms with van der Waals surface area (Å²) in [7, 11) is -0.222. The zero-order valence-corrected chi connectivity index (χ0v) is 6.56. The molecular weight excluding hydrogens is 159 g/mol. The fraction of sp³-hybridized carbons (Fsp3) is 0.167. The van der Waals surface area contributed by atoms with Gasteiger partial charge < -0.3 is 20.5 Å². The monoisotopic (exact) mass is 168 g/mol. The smallest absolute Gasteiger partial charge is 0.481 e. The van der Waals surface area contributed by atoms with Gasteiger partial charge in [-0.15, -0.1) is 0 Å². The number of pyridine rings is 1. The van der Waals surface area contributed by atoms with Crippen LogP contribution >= 0.6 is 0 Å². The van der Waals surface area contributed by atoms with Crippen LogP contribution in [0.15, 0.2) is 12.3 Å². The normalized spacial score (nSPS) is 9.58. The molecule has 5 nitrogen and oxygen atoms in total. The first-order chi connectivity index (χ1) is 5.65. The van der Waals surface area contributed by atoms with Gasteiger partial charge in [-0.2, -0.15) is 0 Å². The van der Waals surface area contributed by atoms with Gasteiger partial charge in [0.25, 0.3) is 0 Å². The molecule has 64 valence electrons. The van der Waals surface area contributed by atoms with E-state index in [2.05, 4.69) is 4.98 Å². The molecule has 0 amide bonds. The van der Waals surface area contributed by atoms with Crippen molar-refractivity contribution in [2.24, 2.45) is 0 Å². The Hall–Kier alpha value is -1.27. The molecular formula is C6H9BN2O3. The van der Waals surface area contributed by atoms with E-state index in [0.717, 1.165) is 0 Å². The summed E-state index contributed by atoms with van der Waals surface area (Å²) in [6.07, 6.45) is 1.38. The minimum atomic E-state index is -1.61. The Bertz CT molecular complexity index is 279. The molecule has 0 bridgehead atoms. The van der Waals surface area contributed by atoms with Gasteiger partial charge >= 0.3 is 7.12 Å². The summed E-state index contributed by atoms with van der Waals surface area (Å²) in [6, 6.07) is 1.40. The number of nitrogen functional groups attached to an aromatic ring is 1. The lowest BCUT2D eigenvalue weighted by Gasteiger charge is -2.06. The van der Waals surface area contributed by atoms with E-state index in [1.165, 1.54) is 19.4 Å². The highest BCUT2D eigenvalue weighted by molar-refractivity contribution is 6.59. The minimum Gasteiger partial charge on any atom is -0.481 e. The molecule has 0 aliphatic rings. The van der Waals surface area contributed by atoms with Crippen LogP contribution in [-0.2, 0) is 0 Å². The topological polar surface area (TPSA) is 88.6 Å². The number of rotatable bonds is 2. The Balaban J connectivity index is 3.12. The number of anilines is 1. The average Bonchev–Trinajstić information content (AvgIpc) is 2.04. The van der Waals surface area contributed by atoms with Crippen LogP contribution in [0.5, 0.6) is 5.88 Å². The molecule has 1 aromatic rings. The van der Waals surface area contributed by atoms with Gasteiger partial charge in [-0.1, -0.05) is 0 Å². The lowest BCUT2D eigenvalue weighted by molar-refractivity contribution is 0.391. The molecule has 0 saturated heterocycles. The molecule has 6 heteroatoms. The van der Waals surface area contributed by atoms with E-state index >= 15 is 0 Å². The van der Waals surface area contributed by atoms with Gasteiger partial charge in [0.15, 0.2) is 0 Å². The molecule has 0 aliphatic carbocycles. The van der Waals surface area contributed by atoms with Crippen LogP contribution in [0.2, 0.25) is 0 Å². The first-order valence-electron chi connectivity index (χ1n) is 3.30. The van der Waals surface area contributed by atoms with Gasteiger partial charge in [0.1, 0.15) is 0 Å². The van der Waals surface area contributed by atoms with Crippen LogP contribution in [0.4, 0.5) is 5.69 Å². The third-order valence-electron chi connectivity index (χ3n) is 1.37. The molecule has 12 heavy (non-hydrogen) atoms. The maximum atomic E-state index is 8.84. The minimum absolute atomic E-state index is 0.164. The highest BCUT2D eigenvalue weighted by Gasteiger charge is 2.17. The molecule has 1 aromatic heterocycles. The quantitative estimate of drug-likeness (QED) is 0.460. The van der Waals surface area contributed by atoms with Crippen molar-refractivity contribution in [1.82, 2.24) is 4.98 Å². The fourth-order valence-corrected chi connectivity index (χ4v) is 0.842. The fourth-order valence-electron chi connectivity index (χ4n) is 0.842. The van der Waals surface area contributed by atoms with Gasteiger partial charge in [0.05, 0.1) is 13.3 Å². The van der Waals surface area contributed by atoms with Crippen LogP contribution in [-0.4, -0.2) is 29.3 Å². The molecule has 0 radical (unpaired) electrons. The van der Waals surface area contributed by atoms with E-state index in [0.29, 0.717) is 5.69 Å². The van der Waals surface area contributed by atoms with E-state index in [4.69, 9.17) is 20.5 Å². The predicted octanol–water partition coefficient (Wildman–Crippen LogP) is -1.65. The molecule has 0 aliphatic heterocycles. The zero-order chi connectivity index (χ0) is 9.14. The van der Waals surface area contributed by atoms with E-state index < -0.39 is 7.12 Å². The van der Waals surface area contributed by atoms with Gasteiger partial charge in [-0.3, -0.25) is 0 Å². The van der Waals surface area contributed by atoms with Crippen LogP contribution in [0, 0.1) is 0 Å².